The lowest BCUT2D eigenvalue weighted by Crippen LogP contribution is -2.13. The number of nitrogens with one attached hydrogen (secondary N) is 1. The topological polar surface area (TPSA) is 55.1 Å². The van der Waals surface area contributed by atoms with Crippen molar-refractivity contribution in [2.45, 2.75) is 19.9 Å². The third kappa shape index (κ3) is 3.61. The number of aryl methyl sites for hydroxylation is 1. The summed E-state index contributed by atoms with van der Waals surface area (Å²) >= 11 is 3.34. The van der Waals surface area contributed by atoms with Crippen LogP contribution in [-0.4, -0.2) is 5.91 Å². The van der Waals surface area contributed by atoms with Crippen LogP contribution < -0.4 is 11.1 Å². The minimum Gasteiger partial charge on any atom is -0.378 e. The summed E-state index contributed by atoms with van der Waals surface area (Å²) in [4.78, 5) is 11.1. The van der Waals surface area contributed by atoms with Gasteiger partial charge >= 0.3 is 0 Å². The van der Waals surface area contributed by atoms with Gasteiger partial charge in [-0.1, -0.05) is 15.9 Å². The van der Waals surface area contributed by atoms with Crippen molar-refractivity contribution in [2.75, 3.05) is 5.32 Å². The van der Waals surface area contributed by atoms with Crippen LogP contribution in [0.3, 0.4) is 0 Å². The largest absolute Gasteiger partial charge is 0.378 e. The molecular formula is C16H16BrFN2O. The van der Waals surface area contributed by atoms with E-state index < -0.39 is 5.91 Å². The minimum absolute atomic E-state index is 0.208. The second-order valence-corrected chi connectivity index (χ2v) is 5.84. The first kappa shape index (κ1) is 15.5. The average Bonchev–Trinajstić information content (AvgIpc) is 2.43. The van der Waals surface area contributed by atoms with E-state index in [-0.39, 0.29) is 11.9 Å². The van der Waals surface area contributed by atoms with E-state index in [4.69, 9.17) is 5.73 Å². The number of rotatable bonds is 4. The first-order valence-electron chi connectivity index (χ1n) is 6.50. The van der Waals surface area contributed by atoms with E-state index in [1.54, 1.807) is 30.3 Å². The Morgan fingerprint density at radius 3 is 2.62 bits per heavy atom. The van der Waals surface area contributed by atoms with E-state index in [2.05, 4.69) is 21.2 Å². The molecule has 0 bridgehead atoms. The molecule has 0 aliphatic heterocycles. The zero-order valence-electron chi connectivity index (χ0n) is 11.8. The number of amides is 1. The number of benzene rings is 2. The Morgan fingerprint density at radius 2 is 2.00 bits per heavy atom. The van der Waals surface area contributed by atoms with Gasteiger partial charge in [0.25, 0.3) is 0 Å². The second kappa shape index (κ2) is 6.26. The van der Waals surface area contributed by atoms with Crippen molar-refractivity contribution in [1.82, 2.24) is 0 Å². The molecule has 0 aromatic heterocycles. The summed E-state index contributed by atoms with van der Waals surface area (Å²) in [6.07, 6.45) is 0. The minimum atomic E-state index is -0.462. The molecule has 5 heteroatoms. The summed E-state index contributed by atoms with van der Waals surface area (Å²) in [5, 5.41) is 3.25. The molecule has 3 N–H and O–H groups in total. The highest BCUT2D eigenvalue weighted by molar-refractivity contribution is 9.10. The van der Waals surface area contributed by atoms with Crippen molar-refractivity contribution < 1.29 is 9.18 Å². The monoisotopic (exact) mass is 350 g/mol. The molecule has 1 unspecified atom stereocenters. The fraction of sp³-hybridized carbons (Fsp3) is 0.188. The molecule has 0 aliphatic rings. The zero-order chi connectivity index (χ0) is 15.6. The summed E-state index contributed by atoms with van der Waals surface area (Å²) in [5.41, 5.74) is 8.00. The molecule has 1 amide bonds. The van der Waals surface area contributed by atoms with Crippen LogP contribution in [0.15, 0.2) is 40.9 Å². The summed E-state index contributed by atoms with van der Waals surface area (Å²) in [7, 11) is 0. The molecule has 0 saturated heterocycles. The molecule has 2 aromatic rings. The van der Waals surface area contributed by atoms with Gasteiger partial charge in [-0.2, -0.15) is 0 Å². The zero-order valence-corrected chi connectivity index (χ0v) is 13.4. The highest BCUT2D eigenvalue weighted by Crippen LogP contribution is 2.26. The van der Waals surface area contributed by atoms with Crippen LogP contribution >= 0.6 is 15.9 Å². The third-order valence-electron chi connectivity index (χ3n) is 3.31. The molecule has 2 rings (SSSR count). The second-order valence-electron chi connectivity index (χ2n) is 4.93. The third-order valence-corrected chi connectivity index (χ3v) is 3.80. The maximum absolute atomic E-state index is 13.9. The summed E-state index contributed by atoms with van der Waals surface area (Å²) < 4.78 is 14.7. The lowest BCUT2D eigenvalue weighted by molar-refractivity contribution is 0.1000. The highest BCUT2D eigenvalue weighted by atomic mass is 79.9. The Kier molecular flexibility index (Phi) is 4.63. The van der Waals surface area contributed by atoms with Crippen LogP contribution in [0.4, 0.5) is 10.1 Å². The molecule has 0 spiro atoms. The van der Waals surface area contributed by atoms with Crippen molar-refractivity contribution in [2.24, 2.45) is 5.73 Å². The molecule has 0 aliphatic carbocycles. The normalized spacial score (nSPS) is 12.0. The van der Waals surface area contributed by atoms with E-state index >= 15 is 0 Å². The standard InChI is InChI=1S/C16H16BrFN2O/c1-9-7-11(16(19)21)3-6-15(9)20-10(2)13-8-12(17)4-5-14(13)18/h3-8,10,20H,1-2H3,(H2,19,21). The lowest BCUT2D eigenvalue weighted by atomic mass is 10.1. The van der Waals surface area contributed by atoms with E-state index in [0.29, 0.717) is 11.1 Å². The van der Waals surface area contributed by atoms with Gasteiger partial charge in [-0.15, -0.1) is 0 Å². The summed E-state index contributed by atoms with van der Waals surface area (Å²) in [6.45, 7) is 3.76. The number of hydrogen-bond acceptors (Lipinski definition) is 2. The Morgan fingerprint density at radius 1 is 1.29 bits per heavy atom. The Hall–Kier alpha value is -1.88. The van der Waals surface area contributed by atoms with Crippen molar-refractivity contribution in [3.63, 3.8) is 0 Å². The summed E-state index contributed by atoms with van der Waals surface area (Å²) in [6, 6.07) is 9.79. The number of hydrogen-bond donors (Lipinski definition) is 2. The van der Waals surface area contributed by atoms with Crippen molar-refractivity contribution in [3.8, 4) is 0 Å². The van der Waals surface area contributed by atoms with Crippen LogP contribution in [0.5, 0.6) is 0 Å². The van der Waals surface area contributed by atoms with Gasteiger partial charge in [0, 0.05) is 21.3 Å². The van der Waals surface area contributed by atoms with Gasteiger partial charge in [0.15, 0.2) is 0 Å². The quantitative estimate of drug-likeness (QED) is 0.869. The number of halogens is 2. The maximum Gasteiger partial charge on any atom is 0.248 e. The predicted octanol–water partition coefficient (Wildman–Crippen LogP) is 4.17. The van der Waals surface area contributed by atoms with Gasteiger partial charge in [-0.25, -0.2) is 4.39 Å². The average molecular weight is 351 g/mol. The fourth-order valence-electron chi connectivity index (χ4n) is 2.14. The first-order valence-corrected chi connectivity index (χ1v) is 7.29. The predicted molar refractivity (Wildman–Crippen MR) is 85.8 cm³/mol. The molecule has 110 valence electrons. The van der Waals surface area contributed by atoms with Crippen LogP contribution in [0, 0.1) is 12.7 Å². The Bertz CT molecular complexity index is 688. The SMILES string of the molecule is Cc1cc(C(N)=O)ccc1NC(C)c1cc(Br)ccc1F. The number of primary amides is 1. The van der Waals surface area contributed by atoms with Crippen molar-refractivity contribution in [1.29, 1.82) is 0 Å². The van der Waals surface area contributed by atoms with Gasteiger partial charge in [0.2, 0.25) is 5.91 Å². The molecule has 2 aromatic carbocycles. The van der Waals surface area contributed by atoms with E-state index in [9.17, 15) is 9.18 Å². The molecule has 0 fully saturated rings. The first-order chi connectivity index (χ1) is 9.88. The number of anilines is 1. The van der Waals surface area contributed by atoms with Crippen LogP contribution in [0.25, 0.3) is 0 Å². The molecule has 21 heavy (non-hydrogen) atoms. The van der Waals surface area contributed by atoms with Gasteiger partial charge < -0.3 is 11.1 Å². The van der Waals surface area contributed by atoms with Crippen LogP contribution in [-0.2, 0) is 0 Å². The highest BCUT2D eigenvalue weighted by Gasteiger charge is 2.13. The smallest absolute Gasteiger partial charge is 0.248 e. The number of carbonyl (C=O) groups excluding carboxylic acids is 1. The maximum atomic E-state index is 13.9. The van der Waals surface area contributed by atoms with Gasteiger partial charge in [-0.3, -0.25) is 4.79 Å². The van der Waals surface area contributed by atoms with Crippen molar-refractivity contribution in [3.05, 3.63) is 63.4 Å². The fourth-order valence-corrected chi connectivity index (χ4v) is 2.52. The van der Waals surface area contributed by atoms with E-state index in [1.165, 1.54) is 6.07 Å². The van der Waals surface area contributed by atoms with Gasteiger partial charge in [0.1, 0.15) is 5.82 Å². The number of nitrogens with two attached hydrogens (primary N) is 1. The molecule has 1 atom stereocenters. The molecule has 0 heterocycles. The molecule has 0 radical (unpaired) electrons. The van der Waals surface area contributed by atoms with E-state index in [0.717, 1.165) is 15.7 Å². The van der Waals surface area contributed by atoms with Crippen molar-refractivity contribution >= 4 is 27.5 Å². The van der Waals surface area contributed by atoms with Crippen LogP contribution in [0.2, 0.25) is 0 Å². The Balaban J connectivity index is 2.25. The van der Waals surface area contributed by atoms with Gasteiger partial charge in [-0.05, 0) is 55.8 Å². The van der Waals surface area contributed by atoms with E-state index in [1.807, 2.05) is 13.8 Å². The van der Waals surface area contributed by atoms with Gasteiger partial charge in [0.05, 0.1) is 6.04 Å². The molecular weight excluding hydrogens is 335 g/mol. The molecule has 0 saturated carbocycles. The number of carbonyl (C=O) groups is 1. The summed E-state index contributed by atoms with van der Waals surface area (Å²) in [5.74, 6) is -0.722. The lowest BCUT2D eigenvalue weighted by Gasteiger charge is -2.18. The van der Waals surface area contributed by atoms with Crippen LogP contribution in [0.1, 0.15) is 34.5 Å². The Labute approximate surface area is 131 Å². The molecule has 3 nitrogen and oxygen atoms in total.